The van der Waals surface area contributed by atoms with Gasteiger partial charge in [0.05, 0.1) is 0 Å². The van der Waals surface area contributed by atoms with Crippen molar-refractivity contribution >= 4 is 10.2 Å². The first-order chi connectivity index (χ1) is 8.57. The summed E-state index contributed by atoms with van der Waals surface area (Å²) < 4.78 is 28.6. The summed E-state index contributed by atoms with van der Waals surface area (Å²) in [6, 6.07) is -0.0155. The molecular formula is C12H25N3O2S. The lowest BCUT2D eigenvalue weighted by molar-refractivity contribution is 0.311. The topological polar surface area (TPSA) is 66.6 Å². The van der Waals surface area contributed by atoms with Crippen molar-refractivity contribution in [2.24, 2.45) is 11.7 Å². The van der Waals surface area contributed by atoms with Gasteiger partial charge in [0.25, 0.3) is 10.2 Å². The average Bonchev–Trinajstić information content (AvgIpc) is 2.56. The van der Waals surface area contributed by atoms with Crippen molar-refractivity contribution < 1.29 is 8.42 Å². The molecule has 0 aromatic carbocycles. The van der Waals surface area contributed by atoms with Crippen LogP contribution in [0, 0.1) is 5.92 Å². The van der Waals surface area contributed by atoms with E-state index < -0.39 is 10.2 Å². The number of rotatable bonds is 3. The highest BCUT2D eigenvalue weighted by molar-refractivity contribution is 7.86. The Labute approximate surface area is 110 Å². The van der Waals surface area contributed by atoms with Crippen LogP contribution in [0.2, 0.25) is 0 Å². The van der Waals surface area contributed by atoms with Gasteiger partial charge >= 0.3 is 0 Å². The van der Waals surface area contributed by atoms with Crippen LogP contribution >= 0.6 is 0 Å². The Morgan fingerprint density at radius 3 is 2.28 bits per heavy atom. The van der Waals surface area contributed by atoms with Crippen LogP contribution in [0.25, 0.3) is 0 Å². The smallest absolute Gasteiger partial charge is 0.282 e. The van der Waals surface area contributed by atoms with Gasteiger partial charge in [-0.1, -0.05) is 19.8 Å². The predicted molar refractivity (Wildman–Crippen MR) is 72.3 cm³/mol. The summed E-state index contributed by atoms with van der Waals surface area (Å²) in [5, 5.41) is 0. The van der Waals surface area contributed by atoms with Gasteiger partial charge in [0.1, 0.15) is 0 Å². The van der Waals surface area contributed by atoms with Gasteiger partial charge in [-0.15, -0.1) is 0 Å². The SMILES string of the molecule is CC1CCN(S(=O)(=O)N2CCCCCC2)C1CN. The molecule has 0 saturated carbocycles. The number of hydrogen-bond donors (Lipinski definition) is 1. The van der Waals surface area contributed by atoms with Crippen LogP contribution in [0.15, 0.2) is 0 Å². The Kier molecular flexibility index (Phi) is 4.64. The number of nitrogens with two attached hydrogens (primary N) is 1. The maximum Gasteiger partial charge on any atom is 0.282 e. The van der Waals surface area contributed by atoms with Gasteiger partial charge in [0.15, 0.2) is 0 Å². The summed E-state index contributed by atoms with van der Waals surface area (Å²) in [6.45, 7) is 4.49. The van der Waals surface area contributed by atoms with Crippen molar-refractivity contribution in [3.63, 3.8) is 0 Å². The minimum Gasteiger partial charge on any atom is -0.329 e. The van der Waals surface area contributed by atoms with Gasteiger partial charge in [0.2, 0.25) is 0 Å². The highest BCUT2D eigenvalue weighted by Crippen LogP contribution is 2.28. The molecule has 0 spiro atoms. The van der Waals surface area contributed by atoms with Crippen molar-refractivity contribution in [1.29, 1.82) is 0 Å². The van der Waals surface area contributed by atoms with E-state index in [-0.39, 0.29) is 6.04 Å². The Hall–Kier alpha value is -0.170. The molecule has 0 bridgehead atoms. The van der Waals surface area contributed by atoms with Crippen molar-refractivity contribution in [1.82, 2.24) is 8.61 Å². The van der Waals surface area contributed by atoms with Crippen LogP contribution in [0.1, 0.15) is 39.0 Å². The molecule has 2 N–H and O–H groups in total. The molecule has 0 aliphatic carbocycles. The van der Waals surface area contributed by atoms with Gasteiger partial charge in [-0.2, -0.15) is 17.0 Å². The Morgan fingerprint density at radius 2 is 1.72 bits per heavy atom. The van der Waals surface area contributed by atoms with Crippen molar-refractivity contribution in [3.8, 4) is 0 Å². The maximum absolute atomic E-state index is 12.7. The molecule has 0 amide bonds. The van der Waals surface area contributed by atoms with Crippen LogP contribution < -0.4 is 5.73 Å². The van der Waals surface area contributed by atoms with E-state index in [0.717, 1.165) is 32.1 Å². The van der Waals surface area contributed by atoms with Gasteiger partial charge in [-0.25, -0.2) is 0 Å². The third-order valence-electron chi connectivity index (χ3n) is 4.26. The van der Waals surface area contributed by atoms with Crippen LogP contribution in [-0.2, 0) is 10.2 Å². The third kappa shape index (κ3) is 2.71. The Balaban J connectivity index is 2.14. The summed E-state index contributed by atoms with van der Waals surface area (Å²) in [6.07, 6.45) is 5.17. The fourth-order valence-electron chi connectivity index (χ4n) is 3.03. The monoisotopic (exact) mass is 275 g/mol. The maximum atomic E-state index is 12.7. The molecule has 2 unspecified atom stereocenters. The second-order valence-electron chi connectivity index (χ2n) is 5.50. The van der Waals surface area contributed by atoms with Crippen LogP contribution in [0.3, 0.4) is 0 Å². The first kappa shape index (κ1) is 14.2. The molecule has 5 nitrogen and oxygen atoms in total. The lowest BCUT2D eigenvalue weighted by atomic mass is 10.0. The molecule has 0 aromatic rings. The minimum atomic E-state index is -3.29. The predicted octanol–water partition coefficient (Wildman–Crippen LogP) is 0.776. The van der Waals surface area contributed by atoms with Crippen molar-refractivity contribution in [2.75, 3.05) is 26.2 Å². The summed E-state index contributed by atoms with van der Waals surface area (Å²) in [4.78, 5) is 0. The zero-order chi connectivity index (χ0) is 13.2. The molecule has 6 heteroatoms. The van der Waals surface area contributed by atoms with E-state index in [1.54, 1.807) is 8.61 Å². The van der Waals surface area contributed by atoms with Crippen LogP contribution in [-0.4, -0.2) is 49.2 Å². The number of nitrogens with zero attached hydrogens (tertiary/aromatic N) is 2. The van der Waals surface area contributed by atoms with E-state index in [2.05, 4.69) is 6.92 Å². The molecule has 2 aliphatic rings. The molecule has 2 fully saturated rings. The molecule has 106 valence electrons. The normalized spacial score (nSPS) is 32.6. The summed E-state index contributed by atoms with van der Waals surface area (Å²) in [5.74, 6) is 0.372. The minimum absolute atomic E-state index is 0.0155. The van der Waals surface area contributed by atoms with Crippen LogP contribution in [0.4, 0.5) is 0 Å². The largest absolute Gasteiger partial charge is 0.329 e. The Bertz CT molecular complexity index is 364. The van der Waals surface area contributed by atoms with Gasteiger partial charge in [-0.3, -0.25) is 0 Å². The zero-order valence-electron chi connectivity index (χ0n) is 11.2. The molecule has 2 aliphatic heterocycles. The molecule has 2 rings (SSSR count). The molecule has 2 atom stereocenters. The first-order valence-electron chi connectivity index (χ1n) is 7.04. The summed E-state index contributed by atoms with van der Waals surface area (Å²) >= 11 is 0. The molecule has 0 radical (unpaired) electrons. The molecule has 2 heterocycles. The van der Waals surface area contributed by atoms with E-state index in [4.69, 9.17) is 5.73 Å². The standard InChI is InChI=1S/C12H25N3O2S/c1-11-6-9-15(12(11)10-13)18(16,17)14-7-4-2-3-5-8-14/h11-12H,2-10,13H2,1H3. The van der Waals surface area contributed by atoms with E-state index >= 15 is 0 Å². The molecule has 2 saturated heterocycles. The lowest BCUT2D eigenvalue weighted by Crippen LogP contribution is -2.49. The average molecular weight is 275 g/mol. The van der Waals surface area contributed by atoms with E-state index in [0.29, 0.717) is 32.1 Å². The van der Waals surface area contributed by atoms with E-state index in [1.165, 1.54) is 0 Å². The van der Waals surface area contributed by atoms with E-state index in [9.17, 15) is 8.42 Å². The second-order valence-corrected chi connectivity index (χ2v) is 7.38. The molecule has 18 heavy (non-hydrogen) atoms. The van der Waals surface area contributed by atoms with Gasteiger partial charge in [-0.05, 0) is 25.2 Å². The van der Waals surface area contributed by atoms with Crippen molar-refractivity contribution in [3.05, 3.63) is 0 Å². The second kappa shape index (κ2) is 5.86. The molecule has 0 aromatic heterocycles. The fraction of sp³-hybridized carbons (Fsp3) is 1.00. The van der Waals surface area contributed by atoms with Gasteiger partial charge < -0.3 is 5.73 Å². The highest BCUT2D eigenvalue weighted by Gasteiger charge is 2.40. The fourth-order valence-corrected chi connectivity index (χ4v) is 5.02. The molecular weight excluding hydrogens is 250 g/mol. The van der Waals surface area contributed by atoms with Gasteiger partial charge in [0, 0.05) is 32.2 Å². The summed E-state index contributed by atoms with van der Waals surface area (Å²) in [7, 11) is -3.29. The zero-order valence-corrected chi connectivity index (χ0v) is 12.0. The third-order valence-corrected chi connectivity index (χ3v) is 6.32. The Morgan fingerprint density at radius 1 is 1.11 bits per heavy atom. The highest BCUT2D eigenvalue weighted by atomic mass is 32.2. The lowest BCUT2D eigenvalue weighted by Gasteiger charge is -2.30. The quantitative estimate of drug-likeness (QED) is 0.827. The van der Waals surface area contributed by atoms with Crippen LogP contribution in [0.5, 0.6) is 0 Å². The van der Waals surface area contributed by atoms with E-state index in [1.807, 2.05) is 0 Å². The summed E-state index contributed by atoms with van der Waals surface area (Å²) in [5.41, 5.74) is 5.75. The van der Waals surface area contributed by atoms with Crippen molar-refractivity contribution in [2.45, 2.75) is 45.1 Å². The first-order valence-corrected chi connectivity index (χ1v) is 8.44. The number of hydrogen-bond acceptors (Lipinski definition) is 3.